The highest BCUT2D eigenvalue weighted by atomic mass is 15.3. The van der Waals surface area contributed by atoms with Crippen LogP contribution in [0.1, 0.15) is 26.7 Å². The minimum atomic E-state index is 0.283. The molecule has 0 bridgehead atoms. The third-order valence-corrected chi connectivity index (χ3v) is 3.58. The fraction of sp³-hybridized carbons (Fsp3) is 0.857. The van der Waals surface area contributed by atoms with Gasteiger partial charge in [0.15, 0.2) is 0 Å². The maximum atomic E-state index is 3.77. The van der Waals surface area contributed by atoms with Gasteiger partial charge in [0.25, 0.3) is 0 Å². The number of allylic oxidation sites excluding steroid dienone is 1. The van der Waals surface area contributed by atoms with Crippen LogP contribution in [-0.2, 0) is 0 Å². The molecule has 100 valence electrons. The average Bonchev–Trinajstić information content (AvgIpc) is 2.30. The van der Waals surface area contributed by atoms with E-state index < -0.39 is 0 Å². The Balaban J connectivity index is 2.33. The van der Waals surface area contributed by atoms with Crippen molar-refractivity contribution in [3.05, 3.63) is 12.7 Å². The average molecular weight is 239 g/mol. The van der Waals surface area contributed by atoms with E-state index in [1.165, 1.54) is 26.1 Å². The quantitative estimate of drug-likeness (QED) is 0.537. The summed E-state index contributed by atoms with van der Waals surface area (Å²) in [5.74, 6) is 0. The summed E-state index contributed by atoms with van der Waals surface area (Å²) in [6.07, 6.45) is 4.35. The molecule has 1 heterocycles. The molecular weight excluding hydrogens is 210 g/mol. The molecule has 3 nitrogen and oxygen atoms in total. The fourth-order valence-electron chi connectivity index (χ4n) is 2.62. The van der Waals surface area contributed by atoms with Gasteiger partial charge in [-0.25, -0.2) is 0 Å². The van der Waals surface area contributed by atoms with E-state index in [0.717, 1.165) is 26.1 Å². The monoisotopic (exact) mass is 239 g/mol. The van der Waals surface area contributed by atoms with Crippen LogP contribution in [-0.4, -0.2) is 61.7 Å². The molecule has 0 unspecified atom stereocenters. The zero-order valence-corrected chi connectivity index (χ0v) is 11.8. The first kappa shape index (κ1) is 14.7. The van der Waals surface area contributed by atoms with Crippen LogP contribution in [0.4, 0.5) is 0 Å². The number of piperazine rings is 1. The summed E-state index contributed by atoms with van der Waals surface area (Å²) in [6, 6.07) is 0. The second-order valence-electron chi connectivity index (χ2n) is 5.72. The van der Waals surface area contributed by atoms with E-state index in [2.05, 4.69) is 42.6 Å². The van der Waals surface area contributed by atoms with Crippen LogP contribution in [0.25, 0.3) is 0 Å². The van der Waals surface area contributed by atoms with Crippen molar-refractivity contribution >= 4 is 0 Å². The van der Waals surface area contributed by atoms with E-state index in [9.17, 15) is 0 Å². The van der Waals surface area contributed by atoms with Crippen molar-refractivity contribution in [3.8, 4) is 0 Å². The summed E-state index contributed by atoms with van der Waals surface area (Å²) in [6.45, 7) is 15.4. The highest BCUT2D eigenvalue weighted by molar-refractivity contribution is 4.87. The Labute approximate surface area is 107 Å². The Bertz CT molecular complexity index is 220. The molecule has 17 heavy (non-hydrogen) atoms. The Morgan fingerprint density at radius 3 is 2.59 bits per heavy atom. The van der Waals surface area contributed by atoms with Crippen molar-refractivity contribution in [2.45, 2.75) is 32.2 Å². The molecule has 0 aromatic carbocycles. The Kier molecular flexibility index (Phi) is 6.17. The van der Waals surface area contributed by atoms with Gasteiger partial charge in [-0.2, -0.15) is 0 Å². The number of likely N-dealkylation sites (N-methyl/N-ethyl adjacent to an activating group) is 1. The molecule has 0 atom stereocenters. The summed E-state index contributed by atoms with van der Waals surface area (Å²) in [7, 11) is 2.23. The maximum Gasteiger partial charge on any atom is 0.0281 e. The molecule has 1 saturated heterocycles. The number of nitrogens with one attached hydrogen (secondary N) is 1. The largest absolute Gasteiger partial charge is 0.314 e. The minimum Gasteiger partial charge on any atom is -0.314 e. The topological polar surface area (TPSA) is 18.5 Å². The van der Waals surface area contributed by atoms with Crippen LogP contribution in [0.5, 0.6) is 0 Å². The van der Waals surface area contributed by atoms with Gasteiger partial charge < -0.3 is 10.2 Å². The van der Waals surface area contributed by atoms with Crippen molar-refractivity contribution in [1.29, 1.82) is 0 Å². The highest BCUT2D eigenvalue weighted by Gasteiger charge is 2.28. The molecule has 1 N–H and O–H groups in total. The lowest BCUT2D eigenvalue weighted by molar-refractivity contribution is 0.0712. The van der Waals surface area contributed by atoms with Crippen molar-refractivity contribution < 1.29 is 0 Å². The van der Waals surface area contributed by atoms with Gasteiger partial charge in [-0.3, -0.25) is 4.90 Å². The molecule has 0 saturated carbocycles. The third-order valence-electron chi connectivity index (χ3n) is 3.58. The summed E-state index contributed by atoms with van der Waals surface area (Å²) < 4.78 is 0. The van der Waals surface area contributed by atoms with Gasteiger partial charge in [0, 0.05) is 38.3 Å². The molecule has 0 spiro atoms. The van der Waals surface area contributed by atoms with Crippen LogP contribution in [0.2, 0.25) is 0 Å². The third kappa shape index (κ3) is 5.19. The Morgan fingerprint density at radius 2 is 2.00 bits per heavy atom. The summed E-state index contributed by atoms with van der Waals surface area (Å²) in [4.78, 5) is 5.05. The lowest BCUT2D eigenvalue weighted by atomic mass is 10.0. The van der Waals surface area contributed by atoms with Gasteiger partial charge in [0.05, 0.1) is 0 Å². The first-order chi connectivity index (χ1) is 8.06. The van der Waals surface area contributed by atoms with Gasteiger partial charge >= 0.3 is 0 Å². The fourth-order valence-corrected chi connectivity index (χ4v) is 2.62. The molecule has 3 heteroatoms. The van der Waals surface area contributed by atoms with Gasteiger partial charge in [0.2, 0.25) is 0 Å². The minimum absolute atomic E-state index is 0.283. The molecule has 1 aliphatic heterocycles. The number of hydrogen-bond acceptors (Lipinski definition) is 3. The highest BCUT2D eigenvalue weighted by Crippen LogP contribution is 2.16. The number of rotatable bonds is 7. The van der Waals surface area contributed by atoms with E-state index in [4.69, 9.17) is 0 Å². The molecule has 0 radical (unpaired) electrons. The van der Waals surface area contributed by atoms with E-state index >= 15 is 0 Å². The number of unbranched alkanes of at least 4 members (excludes halogenated alkanes) is 1. The van der Waals surface area contributed by atoms with Crippen LogP contribution in [0, 0.1) is 0 Å². The smallest absolute Gasteiger partial charge is 0.0281 e. The zero-order valence-electron chi connectivity index (χ0n) is 11.8. The van der Waals surface area contributed by atoms with Crippen LogP contribution >= 0.6 is 0 Å². The zero-order chi connectivity index (χ0) is 12.7. The summed E-state index contributed by atoms with van der Waals surface area (Å²) >= 11 is 0. The first-order valence-corrected chi connectivity index (χ1v) is 6.81. The van der Waals surface area contributed by atoms with E-state index in [-0.39, 0.29) is 5.54 Å². The van der Waals surface area contributed by atoms with E-state index in [1.807, 2.05) is 6.08 Å². The number of hydrogen-bond donors (Lipinski definition) is 1. The van der Waals surface area contributed by atoms with Crippen LogP contribution in [0.15, 0.2) is 12.7 Å². The SMILES string of the molecule is C=CCCCN(C)CC(C)(C)N1CCNCC1. The summed E-state index contributed by atoms with van der Waals surface area (Å²) in [5, 5.41) is 3.42. The van der Waals surface area contributed by atoms with Gasteiger partial charge in [0.1, 0.15) is 0 Å². The second-order valence-corrected chi connectivity index (χ2v) is 5.72. The molecule has 0 aromatic heterocycles. The number of nitrogens with zero attached hydrogens (tertiary/aromatic N) is 2. The predicted octanol–water partition coefficient (Wildman–Crippen LogP) is 1.57. The van der Waals surface area contributed by atoms with Crippen molar-refractivity contribution in [1.82, 2.24) is 15.1 Å². The van der Waals surface area contributed by atoms with Crippen molar-refractivity contribution in [2.24, 2.45) is 0 Å². The predicted molar refractivity (Wildman–Crippen MR) is 75.4 cm³/mol. The standard InChI is InChI=1S/C14H29N3/c1-5-6-7-10-16(4)13-14(2,3)17-11-8-15-9-12-17/h5,15H,1,6-13H2,2-4H3. The van der Waals surface area contributed by atoms with Crippen LogP contribution in [0.3, 0.4) is 0 Å². The van der Waals surface area contributed by atoms with Crippen molar-refractivity contribution in [2.75, 3.05) is 46.3 Å². The maximum absolute atomic E-state index is 3.77. The lowest BCUT2D eigenvalue weighted by Gasteiger charge is -2.43. The van der Waals surface area contributed by atoms with E-state index in [1.54, 1.807) is 0 Å². The van der Waals surface area contributed by atoms with Crippen molar-refractivity contribution in [3.63, 3.8) is 0 Å². The van der Waals surface area contributed by atoms with E-state index in [0.29, 0.717) is 0 Å². The molecule has 1 aliphatic rings. The molecular formula is C14H29N3. The molecule has 0 amide bonds. The van der Waals surface area contributed by atoms with Crippen LogP contribution < -0.4 is 5.32 Å². The Hall–Kier alpha value is -0.380. The lowest BCUT2D eigenvalue weighted by Crippen LogP contribution is -2.57. The summed E-state index contributed by atoms with van der Waals surface area (Å²) in [5.41, 5.74) is 0.283. The second kappa shape index (κ2) is 7.14. The van der Waals surface area contributed by atoms with Gasteiger partial charge in [-0.1, -0.05) is 6.08 Å². The molecule has 0 aromatic rings. The Morgan fingerprint density at radius 1 is 1.35 bits per heavy atom. The molecule has 0 aliphatic carbocycles. The molecule has 1 rings (SSSR count). The van der Waals surface area contributed by atoms with Gasteiger partial charge in [-0.05, 0) is 40.3 Å². The van der Waals surface area contributed by atoms with Gasteiger partial charge in [-0.15, -0.1) is 6.58 Å². The normalized spacial score (nSPS) is 18.6. The first-order valence-electron chi connectivity index (χ1n) is 6.81. The molecule has 1 fully saturated rings.